The second kappa shape index (κ2) is 14.8. The van der Waals surface area contributed by atoms with Gasteiger partial charge >= 0.3 is 0 Å². The number of para-hydroxylation sites is 2. The number of nitrogens with zero attached hydrogens (tertiary/aromatic N) is 2. The fourth-order valence-electron chi connectivity index (χ4n) is 4.25. The third-order valence-electron chi connectivity index (χ3n) is 6.24. The van der Waals surface area contributed by atoms with E-state index in [9.17, 15) is 18.0 Å². The van der Waals surface area contributed by atoms with Crippen molar-refractivity contribution >= 4 is 62.3 Å². The van der Waals surface area contributed by atoms with Gasteiger partial charge in [-0.25, -0.2) is 8.42 Å². The Morgan fingerprint density at radius 2 is 1.54 bits per heavy atom. The molecule has 41 heavy (non-hydrogen) atoms. The topological polar surface area (TPSA) is 96.0 Å². The molecule has 3 aromatic carbocycles. The summed E-state index contributed by atoms with van der Waals surface area (Å²) in [6.07, 6.45) is 0.263. The van der Waals surface area contributed by atoms with Crippen LogP contribution in [0.5, 0.6) is 5.75 Å². The number of ether oxygens (including phenoxy) is 1. The van der Waals surface area contributed by atoms with E-state index in [1.807, 2.05) is 0 Å². The van der Waals surface area contributed by atoms with Gasteiger partial charge in [0.15, 0.2) is 0 Å². The molecular weight excluding hydrogens is 609 g/mol. The van der Waals surface area contributed by atoms with Crippen molar-refractivity contribution in [1.29, 1.82) is 0 Å². The van der Waals surface area contributed by atoms with Crippen LogP contribution in [0.2, 0.25) is 15.1 Å². The van der Waals surface area contributed by atoms with E-state index in [1.54, 1.807) is 63.2 Å². The number of carbonyl (C=O) groups excluding carboxylic acids is 2. The fourth-order valence-corrected chi connectivity index (χ4v) is 6.32. The molecule has 2 amide bonds. The van der Waals surface area contributed by atoms with E-state index in [0.29, 0.717) is 27.2 Å². The predicted octanol–water partition coefficient (Wildman–Crippen LogP) is 6.18. The Kier molecular flexibility index (Phi) is 11.7. The summed E-state index contributed by atoms with van der Waals surface area (Å²) in [5, 5.41) is 3.74. The second-order valence-corrected chi connectivity index (χ2v) is 12.0. The van der Waals surface area contributed by atoms with Crippen LogP contribution >= 0.6 is 34.8 Å². The number of anilines is 1. The lowest BCUT2D eigenvalue weighted by Crippen LogP contribution is -2.52. The Bertz CT molecular complexity index is 1450. The van der Waals surface area contributed by atoms with Gasteiger partial charge < -0.3 is 15.0 Å². The van der Waals surface area contributed by atoms with Gasteiger partial charge in [0.25, 0.3) is 10.0 Å². The lowest BCUT2D eigenvalue weighted by Gasteiger charge is -2.33. The molecule has 1 atom stereocenters. The zero-order valence-corrected chi connectivity index (χ0v) is 26.0. The average molecular weight is 641 g/mol. The molecule has 0 aliphatic rings. The van der Waals surface area contributed by atoms with Crippen LogP contribution < -0.4 is 14.4 Å². The van der Waals surface area contributed by atoms with Crippen LogP contribution in [0.25, 0.3) is 0 Å². The predicted molar refractivity (Wildman–Crippen MR) is 163 cm³/mol. The van der Waals surface area contributed by atoms with Crippen LogP contribution in [0.15, 0.2) is 71.6 Å². The van der Waals surface area contributed by atoms with Gasteiger partial charge in [-0.3, -0.25) is 13.9 Å². The van der Waals surface area contributed by atoms with E-state index >= 15 is 0 Å². The van der Waals surface area contributed by atoms with E-state index in [0.717, 1.165) is 4.31 Å². The van der Waals surface area contributed by atoms with Gasteiger partial charge in [-0.2, -0.15) is 0 Å². The SMILES string of the molecule is CCNC(=O)C(CC)N(Cc1c(Cl)cccc1Cl)C(=O)CN(c1ccccc1OCC)S(=O)(=O)c1ccc(Cl)cc1. The van der Waals surface area contributed by atoms with E-state index in [4.69, 9.17) is 39.5 Å². The van der Waals surface area contributed by atoms with Crippen molar-refractivity contribution in [3.05, 3.63) is 87.4 Å². The number of hydrogen-bond acceptors (Lipinski definition) is 5. The number of benzene rings is 3. The van der Waals surface area contributed by atoms with Crippen molar-refractivity contribution in [2.75, 3.05) is 24.0 Å². The monoisotopic (exact) mass is 639 g/mol. The molecule has 220 valence electrons. The van der Waals surface area contributed by atoms with Crippen molar-refractivity contribution in [3.63, 3.8) is 0 Å². The summed E-state index contributed by atoms with van der Waals surface area (Å²) in [6.45, 7) is 5.18. The van der Waals surface area contributed by atoms with Crippen molar-refractivity contribution in [1.82, 2.24) is 10.2 Å². The zero-order valence-electron chi connectivity index (χ0n) is 22.9. The Labute approximate surface area is 256 Å². The molecular formula is C29H32Cl3N3O5S. The summed E-state index contributed by atoms with van der Waals surface area (Å²) in [4.78, 5) is 28.5. The number of rotatable bonds is 13. The smallest absolute Gasteiger partial charge is 0.264 e. The molecule has 0 radical (unpaired) electrons. The first-order chi connectivity index (χ1) is 19.5. The lowest BCUT2D eigenvalue weighted by molar-refractivity contribution is -0.140. The van der Waals surface area contributed by atoms with Gasteiger partial charge in [-0.05, 0) is 68.8 Å². The molecule has 3 aromatic rings. The number of carbonyl (C=O) groups is 2. The molecule has 0 heterocycles. The lowest BCUT2D eigenvalue weighted by atomic mass is 10.1. The number of halogens is 3. The van der Waals surface area contributed by atoms with Crippen LogP contribution in [-0.4, -0.2) is 50.9 Å². The summed E-state index contributed by atoms with van der Waals surface area (Å²) < 4.78 is 34.8. The third kappa shape index (κ3) is 7.86. The highest BCUT2D eigenvalue weighted by molar-refractivity contribution is 7.92. The van der Waals surface area contributed by atoms with Crippen LogP contribution in [0.3, 0.4) is 0 Å². The molecule has 0 aromatic heterocycles. The van der Waals surface area contributed by atoms with Gasteiger partial charge in [-0.1, -0.05) is 59.9 Å². The van der Waals surface area contributed by atoms with Gasteiger partial charge in [0.05, 0.1) is 17.2 Å². The summed E-state index contributed by atoms with van der Waals surface area (Å²) >= 11 is 18.9. The Morgan fingerprint density at radius 1 is 0.902 bits per heavy atom. The van der Waals surface area contributed by atoms with E-state index in [1.165, 1.54) is 29.2 Å². The average Bonchev–Trinajstić information content (AvgIpc) is 2.94. The van der Waals surface area contributed by atoms with Crippen LogP contribution in [0.1, 0.15) is 32.8 Å². The summed E-state index contributed by atoms with van der Waals surface area (Å²) in [6, 6.07) is 16.2. The molecule has 0 fully saturated rings. The van der Waals surface area contributed by atoms with Gasteiger partial charge in [0, 0.05) is 33.7 Å². The second-order valence-electron chi connectivity index (χ2n) is 8.91. The first-order valence-corrected chi connectivity index (χ1v) is 15.6. The highest BCUT2D eigenvalue weighted by Gasteiger charge is 2.35. The Hall–Kier alpha value is -2.98. The molecule has 3 rings (SSSR count). The van der Waals surface area contributed by atoms with E-state index in [2.05, 4.69) is 5.32 Å². The standard InChI is InChI=1S/C29H32Cl3N3O5S/c1-4-25(29(37)33-5-2)34(18-22-23(31)10-9-11-24(22)32)28(36)19-35(26-12-7-8-13-27(26)40-6-3)41(38,39)21-16-14-20(30)15-17-21/h7-17,25H,4-6,18-19H2,1-3H3,(H,33,37). The minimum absolute atomic E-state index is 0.0718. The number of amides is 2. The molecule has 0 aliphatic carbocycles. The number of likely N-dealkylation sites (N-methyl/N-ethyl adjacent to an activating group) is 1. The molecule has 1 N–H and O–H groups in total. The van der Waals surface area contributed by atoms with Gasteiger partial charge in [0.1, 0.15) is 18.3 Å². The Balaban J connectivity index is 2.15. The molecule has 8 nitrogen and oxygen atoms in total. The first kappa shape index (κ1) is 32.5. The molecule has 12 heteroatoms. The van der Waals surface area contributed by atoms with Crippen molar-refractivity contribution < 1.29 is 22.7 Å². The minimum Gasteiger partial charge on any atom is -0.492 e. The summed E-state index contributed by atoms with van der Waals surface area (Å²) in [5.41, 5.74) is 0.605. The van der Waals surface area contributed by atoms with Gasteiger partial charge in [-0.15, -0.1) is 0 Å². The first-order valence-electron chi connectivity index (χ1n) is 13.0. The highest BCUT2D eigenvalue weighted by Crippen LogP contribution is 2.34. The highest BCUT2D eigenvalue weighted by atomic mass is 35.5. The normalized spacial score (nSPS) is 12.0. The van der Waals surface area contributed by atoms with E-state index in [-0.39, 0.29) is 41.8 Å². The molecule has 0 saturated carbocycles. The van der Waals surface area contributed by atoms with Crippen LogP contribution in [-0.2, 0) is 26.2 Å². The van der Waals surface area contributed by atoms with Crippen LogP contribution in [0.4, 0.5) is 5.69 Å². The maximum atomic E-state index is 14.2. The zero-order chi connectivity index (χ0) is 30.2. The quantitative estimate of drug-likeness (QED) is 0.241. The fraction of sp³-hybridized carbons (Fsp3) is 0.310. The van der Waals surface area contributed by atoms with Crippen molar-refractivity contribution in [2.45, 2.75) is 44.7 Å². The van der Waals surface area contributed by atoms with E-state index < -0.39 is 28.5 Å². The van der Waals surface area contributed by atoms with Crippen molar-refractivity contribution in [2.24, 2.45) is 0 Å². The maximum absolute atomic E-state index is 14.2. The minimum atomic E-state index is -4.30. The van der Waals surface area contributed by atoms with Gasteiger partial charge in [0.2, 0.25) is 11.8 Å². The molecule has 0 spiro atoms. The molecule has 1 unspecified atom stereocenters. The third-order valence-corrected chi connectivity index (χ3v) is 8.98. The largest absolute Gasteiger partial charge is 0.492 e. The molecule has 0 aliphatic heterocycles. The summed E-state index contributed by atoms with van der Waals surface area (Å²) in [7, 11) is -4.30. The maximum Gasteiger partial charge on any atom is 0.264 e. The number of sulfonamides is 1. The molecule has 0 bridgehead atoms. The Morgan fingerprint density at radius 3 is 2.12 bits per heavy atom. The van der Waals surface area contributed by atoms with Crippen molar-refractivity contribution in [3.8, 4) is 5.75 Å². The summed E-state index contributed by atoms with van der Waals surface area (Å²) in [5.74, 6) is -0.743. The molecule has 0 saturated heterocycles. The van der Waals surface area contributed by atoms with Crippen LogP contribution in [0, 0.1) is 0 Å². The number of nitrogens with one attached hydrogen (secondary N) is 1. The number of hydrogen-bond donors (Lipinski definition) is 1.